The molecule has 0 saturated carbocycles. The van der Waals surface area contributed by atoms with E-state index in [9.17, 15) is 19.3 Å². The zero-order valence-electron chi connectivity index (χ0n) is 10.8. The number of nitrogens with zero attached hydrogens (tertiary/aromatic N) is 1. The number of hydrogen-bond donors (Lipinski definition) is 2. The summed E-state index contributed by atoms with van der Waals surface area (Å²) < 4.78 is 18.6. The van der Waals surface area contributed by atoms with Crippen LogP contribution in [-0.4, -0.2) is 29.6 Å². The van der Waals surface area contributed by atoms with Crippen LogP contribution < -0.4 is 11.1 Å². The quantitative estimate of drug-likeness (QED) is 0.492. The summed E-state index contributed by atoms with van der Waals surface area (Å²) in [4.78, 5) is 22.2. The summed E-state index contributed by atoms with van der Waals surface area (Å²) in [6.07, 6.45) is 0.452. The number of nitro groups is 1. The van der Waals surface area contributed by atoms with Gasteiger partial charge in [-0.2, -0.15) is 0 Å². The summed E-state index contributed by atoms with van der Waals surface area (Å²) in [5.41, 5.74) is 4.18. The molecule has 1 aliphatic heterocycles. The molecule has 3 N–H and O–H groups in total. The SMILES string of the molecule is CC1OCCC1NC(=O)c1cc(N)c(F)cc1[N+](=O)[O-]. The van der Waals surface area contributed by atoms with E-state index in [1.54, 1.807) is 6.92 Å². The van der Waals surface area contributed by atoms with Gasteiger partial charge in [-0.15, -0.1) is 0 Å². The molecule has 1 aromatic carbocycles. The number of nitro benzene ring substituents is 1. The van der Waals surface area contributed by atoms with Crippen LogP contribution >= 0.6 is 0 Å². The lowest BCUT2D eigenvalue weighted by molar-refractivity contribution is -0.385. The molecule has 1 heterocycles. The zero-order chi connectivity index (χ0) is 14.9. The van der Waals surface area contributed by atoms with Gasteiger partial charge in [0.15, 0.2) is 5.82 Å². The Hall–Kier alpha value is -2.22. The highest BCUT2D eigenvalue weighted by Crippen LogP contribution is 2.25. The number of hydrogen-bond acceptors (Lipinski definition) is 5. The summed E-state index contributed by atoms with van der Waals surface area (Å²) in [5.74, 6) is -1.59. The number of nitrogens with two attached hydrogens (primary N) is 1. The van der Waals surface area contributed by atoms with Crippen molar-refractivity contribution in [2.75, 3.05) is 12.3 Å². The second-order valence-electron chi connectivity index (χ2n) is 4.59. The Morgan fingerprint density at radius 3 is 2.85 bits per heavy atom. The van der Waals surface area contributed by atoms with E-state index in [0.29, 0.717) is 19.1 Å². The third-order valence-electron chi connectivity index (χ3n) is 3.25. The van der Waals surface area contributed by atoms with Crippen LogP contribution in [0.4, 0.5) is 15.8 Å². The Balaban J connectivity index is 2.29. The van der Waals surface area contributed by atoms with Crippen LogP contribution in [0, 0.1) is 15.9 Å². The molecule has 1 saturated heterocycles. The topological polar surface area (TPSA) is 107 Å². The van der Waals surface area contributed by atoms with E-state index in [4.69, 9.17) is 10.5 Å². The van der Waals surface area contributed by atoms with Gasteiger partial charge in [0.2, 0.25) is 0 Å². The molecule has 0 aromatic heterocycles. The van der Waals surface area contributed by atoms with Crippen molar-refractivity contribution in [1.82, 2.24) is 5.32 Å². The number of nitrogen functional groups attached to an aromatic ring is 1. The van der Waals surface area contributed by atoms with Gasteiger partial charge in [0.1, 0.15) is 5.56 Å². The fourth-order valence-electron chi connectivity index (χ4n) is 2.08. The molecule has 0 spiro atoms. The van der Waals surface area contributed by atoms with Crippen LogP contribution in [0.3, 0.4) is 0 Å². The molecule has 0 radical (unpaired) electrons. The first-order chi connectivity index (χ1) is 9.40. The van der Waals surface area contributed by atoms with Crippen LogP contribution in [0.1, 0.15) is 23.7 Å². The molecule has 2 rings (SSSR count). The number of ether oxygens (including phenoxy) is 1. The summed E-state index contributed by atoms with van der Waals surface area (Å²) in [6, 6.07) is 1.40. The zero-order valence-corrected chi connectivity index (χ0v) is 10.8. The van der Waals surface area contributed by atoms with Crippen molar-refractivity contribution < 1.29 is 18.8 Å². The van der Waals surface area contributed by atoms with E-state index in [1.807, 2.05) is 0 Å². The van der Waals surface area contributed by atoms with E-state index >= 15 is 0 Å². The first-order valence-electron chi connectivity index (χ1n) is 6.06. The molecule has 108 valence electrons. The molecular formula is C12H14FN3O4. The maximum atomic E-state index is 13.3. The van der Waals surface area contributed by atoms with Crippen molar-refractivity contribution in [3.63, 3.8) is 0 Å². The Labute approximate surface area is 114 Å². The lowest BCUT2D eigenvalue weighted by Gasteiger charge is -2.16. The lowest BCUT2D eigenvalue weighted by Crippen LogP contribution is -2.39. The number of carbonyl (C=O) groups excluding carboxylic acids is 1. The minimum absolute atomic E-state index is 0.171. The minimum atomic E-state index is -0.925. The highest BCUT2D eigenvalue weighted by Gasteiger charge is 2.29. The van der Waals surface area contributed by atoms with Gasteiger partial charge in [0.25, 0.3) is 11.6 Å². The van der Waals surface area contributed by atoms with E-state index in [-0.39, 0.29) is 23.4 Å². The Morgan fingerprint density at radius 2 is 2.30 bits per heavy atom. The van der Waals surface area contributed by atoms with E-state index < -0.39 is 22.3 Å². The summed E-state index contributed by atoms with van der Waals surface area (Å²) in [6.45, 7) is 2.31. The van der Waals surface area contributed by atoms with E-state index in [2.05, 4.69) is 5.32 Å². The van der Waals surface area contributed by atoms with Gasteiger partial charge >= 0.3 is 0 Å². The number of benzene rings is 1. The van der Waals surface area contributed by atoms with Crippen molar-refractivity contribution in [3.8, 4) is 0 Å². The molecule has 2 unspecified atom stereocenters. The van der Waals surface area contributed by atoms with Gasteiger partial charge in [-0.3, -0.25) is 14.9 Å². The fraction of sp³-hybridized carbons (Fsp3) is 0.417. The highest BCUT2D eigenvalue weighted by molar-refractivity contribution is 5.99. The molecule has 2 atom stereocenters. The first kappa shape index (κ1) is 14.2. The standard InChI is InChI=1S/C12H14FN3O4/c1-6-10(2-3-20-6)15-12(17)7-4-9(14)8(13)5-11(7)16(18)19/h4-6,10H,2-3,14H2,1H3,(H,15,17). The third kappa shape index (κ3) is 2.69. The van der Waals surface area contributed by atoms with Crippen molar-refractivity contribution in [2.45, 2.75) is 25.5 Å². The van der Waals surface area contributed by atoms with E-state index in [0.717, 1.165) is 6.07 Å². The molecule has 0 aliphatic carbocycles. The molecule has 1 aliphatic rings. The van der Waals surface area contributed by atoms with Crippen LogP contribution in [-0.2, 0) is 4.74 Å². The molecule has 1 fully saturated rings. The number of carbonyl (C=O) groups is 1. The summed E-state index contributed by atoms with van der Waals surface area (Å²) >= 11 is 0. The van der Waals surface area contributed by atoms with Gasteiger partial charge in [0, 0.05) is 6.61 Å². The summed E-state index contributed by atoms with van der Waals surface area (Å²) in [7, 11) is 0. The van der Waals surface area contributed by atoms with Gasteiger partial charge in [-0.05, 0) is 19.4 Å². The van der Waals surface area contributed by atoms with Crippen molar-refractivity contribution in [1.29, 1.82) is 0 Å². The average molecular weight is 283 g/mol. The molecule has 1 aromatic rings. The lowest BCUT2D eigenvalue weighted by atomic mass is 10.1. The molecule has 20 heavy (non-hydrogen) atoms. The molecule has 0 bridgehead atoms. The number of nitrogens with one attached hydrogen (secondary N) is 1. The van der Waals surface area contributed by atoms with Crippen LogP contribution in [0.2, 0.25) is 0 Å². The number of amides is 1. The number of rotatable bonds is 3. The van der Waals surface area contributed by atoms with Crippen LogP contribution in [0.5, 0.6) is 0 Å². The predicted molar refractivity (Wildman–Crippen MR) is 68.8 cm³/mol. The first-order valence-corrected chi connectivity index (χ1v) is 6.06. The largest absolute Gasteiger partial charge is 0.396 e. The molecule has 7 nitrogen and oxygen atoms in total. The normalized spacial score (nSPS) is 21.7. The Morgan fingerprint density at radius 1 is 1.60 bits per heavy atom. The summed E-state index contributed by atoms with van der Waals surface area (Å²) in [5, 5.41) is 13.5. The van der Waals surface area contributed by atoms with Crippen LogP contribution in [0.15, 0.2) is 12.1 Å². The molecule has 8 heteroatoms. The second-order valence-corrected chi connectivity index (χ2v) is 4.59. The monoisotopic (exact) mass is 283 g/mol. The highest BCUT2D eigenvalue weighted by atomic mass is 19.1. The average Bonchev–Trinajstić information content (AvgIpc) is 2.77. The molecule has 1 amide bonds. The molecular weight excluding hydrogens is 269 g/mol. The van der Waals surface area contributed by atoms with Gasteiger partial charge in [0.05, 0.1) is 28.8 Å². The second kappa shape index (κ2) is 5.41. The number of anilines is 1. The van der Waals surface area contributed by atoms with E-state index in [1.165, 1.54) is 0 Å². The van der Waals surface area contributed by atoms with Crippen molar-refractivity contribution in [3.05, 3.63) is 33.6 Å². The Kier molecular flexibility index (Phi) is 3.84. The minimum Gasteiger partial charge on any atom is -0.396 e. The predicted octanol–water partition coefficient (Wildman–Crippen LogP) is 1.22. The smallest absolute Gasteiger partial charge is 0.285 e. The Bertz CT molecular complexity index is 564. The maximum absolute atomic E-state index is 13.3. The third-order valence-corrected chi connectivity index (χ3v) is 3.25. The van der Waals surface area contributed by atoms with Gasteiger partial charge in [-0.25, -0.2) is 4.39 Å². The van der Waals surface area contributed by atoms with Crippen molar-refractivity contribution in [2.24, 2.45) is 0 Å². The van der Waals surface area contributed by atoms with Crippen LogP contribution in [0.25, 0.3) is 0 Å². The van der Waals surface area contributed by atoms with Crippen molar-refractivity contribution >= 4 is 17.3 Å². The maximum Gasteiger partial charge on any atom is 0.285 e. The van der Waals surface area contributed by atoms with Gasteiger partial charge < -0.3 is 15.8 Å². The van der Waals surface area contributed by atoms with Gasteiger partial charge in [-0.1, -0.05) is 0 Å². The number of halogens is 1. The fourth-order valence-corrected chi connectivity index (χ4v) is 2.08.